The summed E-state index contributed by atoms with van der Waals surface area (Å²) in [4.78, 5) is 39.6. The van der Waals surface area contributed by atoms with E-state index in [1.54, 1.807) is 35.3 Å². The van der Waals surface area contributed by atoms with Crippen molar-refractivity contribution in [2.75, 3.05) is 19.7 Å². The maximum Gasteiger partial charge on any atom is 0.290 e. The number of aromatic nitrogens is 3. The minimum absolute atomic E-state index is 0.104. The number of rotatable bonds is 5. The molecule has 1 spiro atoms. The first kappa shape index (κ1) is 25.3. The lowest BCUT2D eigenvalue weighted by Gasteiger charge is -2.52. The van der Waals surface area contributed by atoms with Crippen molar-refractivity contribution in [3.63, 3.8) is 0 Å². The Morgan fingerprint density at radius 2 is 2.00 bits per heavy atom. The summed E-state index contributed by atoms with van der Waals surface area (Å²) in [6.07, 6.45) is 6.52. The van der Waals surface area contributed by atoms with Gasteiger partial charge in [0.2, 0.25) is 5.91 Å². The molecule has 34 heavy (non-hydrogen) atoms. The molecule has 11 heteroatoms. The number of hydrogen-bond donors (Lipinski definition) is 3. The number of aryl methyl sites for hydroxylation is 1. The van der Waals surface area contributed by atoms with Gasteiger partial charge >= 0.3 is 0 Å². The van der Waals surface area contributed by atoms with Crippen molar-refractivity contribution in [1.29, 1.82) is 0 Å². The van der Waals surface area contributed by atoms with Gasteiger partial charge in [0.05, 0.1) is 17.7 Å². The average molecular weight is 474 g/mol. The molecule has 2 aliphatic rings. The number of pyridine rings is 1. The van der Waals surface area contributed by atoms with Gasteiger partial charge in [-0.15, -0.1) is 0 Å². The number of carboxylic acid groups (broad SMARTS) is 1. The first-order valence-corrected chi connectivity index (χ1v) is 11.2. The first-order chi connectivity index (χ1) is 16.3. The lowest BCUT2D eigenvalue weighted by atomic mass is 9.74. The molecule has 11 nitrogen and oxygen atoms in total. The molecular weight excluding hydrogens is 442 g/mol. The highest BCUT2D eigenvalue weighted by Gasteiger charge is 2.50. The number of piperidine rings is 1. The number of hydrogen-bond acceptors (Lipinski definition) is 7. The Kier molecular flexibility index (Phi) is 8.35. The minimum atomic E-state index is -0.834. The normalized spacial score (nSPS) is 23.5. The highest BCUT2D eigenvalue weighted by molar-refractivity contribution is 5.92. The predicted molar refractivity (Wildman–Crippen MR) is 121 cm³/mol. The van der Waals surface area contributed by atoms with E-state index in [0.717, 1.165) is 0 Å². The largest absolute Gasteiger partial charge is 0.483 e. The van der Waals surface area contributed by atoms with Crippen molar-refractivity contribution in [3.8, 4) is 0 Å². The first-order valence-electron chi connectivity index (χ1n) is 11.2. The maximum absolute atomic E-state index is 12.7. The van der Waals surface area contributed by atoms with E-state index in [1.165, 1.54) is 0 Å². The molecule has 2 saturated heterocycles. The molecule has 2 aromatic heterocycles. The zero-order chi connectivity index (χ0) is 24.6. The fraction of sp³-hybridized carbons (Fsp3) is 0.522. The second-order valence-electron chi connectivity index (χ2n) is 8.78. The molecule has 184 valence electrons. The van der Waals surface area contributed by atoms with Gasteiger partial charge in [0.25, 0.3) is 12.4 Å². The zero-order valence-electron chi connectivity index (χ0n) is 19.2. The summed E-state index contributed by atoms with van der Waals surface area (Å²) in [5.74, 6) is -0.210. The molecule has 0 aromatic carbocycles. The summed E-state index contributed by atoms with van der Waals surface area (Å²) in [5, 5.41) is 24.6. The minimum Gasteiger partial charge on any atom is -0.483 e. The highest BCUT2D eigenvalue weighted by atomic mass is 16.5. The number of carbonyl (C=O) groups excluding carboxylic acids is 2. The zero-order valence-corrected chi connectivity index (χ0v) is 19.2. The van der Waals surface area contributed by atoms with Crippen LogP contribution in [0.4, 0.5) is 0 Å². The summed E-state index contributed by atoms with van der Waals surface area (Å²) in [5.41, 5.74) is -0.988. The Bertz CT molecular complexity index is 946. The third-order valence-corrected chi connectivity index (χ3v) is 6.41. The Hall–Kier alpha value is -3.31. The van der Waals surface area contributed by atoms with E-state index in [4.69, 9.17) is 14.6 Å². The second kappa shape index (κ2) is 11.2. The Morgan fingerprint density at radius 3 is 2.62 bits per heavy atom. The number of aliphatic hydroxyl groups is 1. The van der Waals surface area contributed by atoms with Crippen LogP contribution in [0.2, 0.25) is 0 Å². The second-order valence-corrected chi connectivity index (χ2v) is 8.78. The van der Waals surface area contributed by atoms with E-state index in [0.29, 0.717) is 51.0 Å². The van der Waals surface area contributed by atoms with Crippen molar-refractivity contribution >= 4 is 18.3 Å². The maximum atomic E-state index is 12.7. The monoisotopic (exact) mass is 473 g/mol. The van der Waals surface area contributed by atoms with Crippen LogP contribution in [0.3, 0.4) is 0 Å². The molecule has 0 radical (unpaired) electrons. The quantitative estimate of drug-likeness (QED) is 0.538. The van der Waals surface area contributed by atoms with Crippen LogP contribution in [0.15, 0.2) is 42.9 Å². The third-order valence-electron chi connectivity index (χ3n) is 6.41. The Labute approximate surface area is 197 Å². The molecule has 2 fully saturated rings. The highest BCUT2D eigenvalue weighted by Crippen LogP contribution is 2.40. The molecule has 2 aromatic rings. The van der Waals surface area contributed by atoms with Crippen molar-refractivity contribution in [2.24, 2.45) is 0 Å². The summed E-state index contributed by atoms with van der Waals surface area (Å²) in [6.45, 7) is 3.50. The Morgan fingerprint density at radius 1 is 1.26 bits per heavy atom. The third kappa shape index (κ3) is 6.17. The molecule has 4 rings (SSSR count). The van der Waals surface area contributed by atoms with Gasteiger partial charge in [0.1, 0.15) is 11.8 Å². The summed E-state index contributed by atoms with van der Waals surface area (Å²) in [6, 6.07) is 6.99. The van der Waals surface area contributed by atoms with Gasteiger partial charge in [-0.25, -0.2) is 0 Å². The van der Waals surface area contributed by atoms with Crippen molar-refractivity contribution in [1.82, 2.24) is 25.0 Å². The average Bonchev–Trinajstić information content (AvgIpc) is 3.36. The molecule has 4 heterocycles. The molecule has 0 aliphatic carbocycles. The molecule has 0 saturated carbocycles. The number of aliphatic hydroxyl groups excluding tert-OH is 1. The lowest BCUT2D eigenvalue weighted by molar-refractivity contribution is -0.179. The molecule has 2 atom stereocenters. The van der Waals surface area contributed by atoms with Gasteiger partial charge in [-0.2, -0.15) is 5.10 Å². The Balaban J connectivity index is 0.00000103. The van der Waals surface area contributed by atoms with Gasteiger partial charge in [-0.1, -0.05) is 6.07 Å². The lowest BCUT2D eigenvalue weighted by Crippen LogP contribution is -2.65. The number of ether oxygens (including phenoxy) is 1. The van der Waals surface area contributed by atoms with Crippen LogP contribution >= 0.6 is 0 Å². The van der Waals surface area contributed by atoms with E-state index < -0.39 is 17.2 Å². The van der Waals surface area contributed by atoms with Crippen molar-refractivity contribution in [2.45, 2.75) is 56.4 Å². The topological polar surface area (TPSA) is 147 Å². The SMILES string of the molecule is C[C@@]1(NC(=O)c2ccccn2)CC2(CCN(C(=O)CCn3cccn3)CC2)OC[C@H]1O.O=CO. The molecule has 2 aliphatic heterocycles. The standard InChI is InChI=1S/C22H29N5O4.CH2O2/c1-21(25-20(30)17-5-2-3-9-23-17)16-22(31-15-18(21)28)7-13-26(14-8-22)19(29)6-12-27-11-4-10-24-27;2-1-3/h2-5,9-11,18,28H,6-8,12-16H2,1H3,(H,25,30);1H,(H,2,3)/t18-,21-;/m1./s1. The molecule has 3 N–H and O–H groups in total. The molecule has 0 unspecified atom stereocenters. The van der Waals surface area contributed by atoms with Crippen LogP contribution in [0.5, 0.6) is 0 Å². The smallest absolute Gasteiger partial charge is 0.290 e. The molecular formula is C23H31N5O6. The van der Waals surface area contributed by atoms with E-state index in [2.05, 4.69) is 15.4 Å². The van der Waals surface area contributed by atoms with Gasteiger partial charge in [0.15, 0.2) is 0 Å². The number of likely N-dealkylation sites (tertiary alicyclic amines) is 1. The van der Waals surface area contributed by atoms with E-state index in [9.17, 15) is 14.7 Å². The van der Waals surface area contributed by atoms with Gasteiger partial charge in [0, 0.05) is 51.1 Å². The van der Waals surface area contributed by atoms with Crippen LogP contribution in [-0.2, 0) is 20.9 Å². The fourth-order valence-corrected chi connectivity index (χ4v) is 4.51. The summed E-state index contributed by atoms with van der Waals surface area (Å²) in [7, 11) is 0. The molecule has 0 bridgehead atoms. The van der Waals surface area contributed by atoms with Crippen LogP contribution < -0.4 is 5.32 Å². The van der Waals surface area contributed by atoms with Gasteiger partial charge in [-0.05, 0) is 38.0 Å². The van der Waals surface area contributed by atoms with Crippen LogP contribution in [0.25, 0.3) is 0 Å². The number of amides is 2. The van der Waals surface area contributed by atoms with E-state index in [1.807, 2.05) is 24.1 Å². The van der Waals surface area contributed by atoms with Crippen molar-refractivity contribution in [3.05, 3.63) is 48.5 Å². The number of nitrogens with zero attached hydrogens (tertiary/aromatic N) is 4. The fourth-order valence-electron chi connectivity index (χ4n) is 4.51. The predicted octanol–water partition coefficient (Wildman–Crippen LogP) is 0.700. The number of carbonyl (C=O) groups is 3. The van der Waals surface area contributed by atoms with Crippen LogP contribution in [-0.4, -0.2) is 85.1 Å². The van der Waals surface area contributed by atoms with E-state index in [-0.39, 0.29) is 24.9 Å². The van der Waals surface area contributed by atoms with Crippen molar-refractivity contribution < 1.29 is 29.3 Å². The molecule has 2 amide bonds. The summed E-state index contributed by atoms with van der Waals surface area (Å²) < 4.78 is 7.83. The number of nitrogens with one attached hydrogen (secondary N) is 1. The van der Waals surface area contributed by atoms with Crippen LogP contribution in [0.1, 0.15) is 43.1 Å². The van der Waals surface area contributed by atoms with Gasteiger partial charge in [-0.3, -0.25) is 24.0 Å². The van der Waals surface area contributed by atoms with E-state index >= 15 is 0 Å². The van der Waals surface area contributed by atoms with Gasteiger partial charge < -0.3 is 25.2 Å². The van der Waals surface area contributed by atoms with Crippen LogP contribution in [0, 0.1) is 0 Å². The summed E-state index contributed by atoms with van der Waals surface area (Å²) >= 11 is 0.